The van der Waals surface area contributed by atoms with Crippen LogP contribution in [-0.4, -0.2) is 24.7 Å². The fourth-order valence-electron chi connectivity index (χ4n) is 1.30. The molecule has 0 saturated carbocycles. The van der Waals surface area contributed by atoms with Crippen molar-refractivity contribution in [1.82, 2.24) is 4.98 Å². The van der Waals surface area contributed by atoms with Crippen molar-refractivity contribution >= 4 is 17.4 Å². The fourth-order valence-corrected chi connectivity index (χ4v) is 1.52. The van der Waals surface area contributed by atoms with Gasteiger partial charge in [-0.3, -0.25) is 0 Å². The molecular formula is C11H14ClF3N2O. The van der Waals surface area contributed by atoms with Crippen LogP contribution in [0.15, 0.2) is 12.3 Å². The first-order valence-electron chi connectivity index (χ1n) is 5.32. The standard InChI is InChI=1S/C11H14ClF3N2O/c1-7(3-4-18-2)17-10-9(12)5-8(6-16-10)11(13,14)15/h5-7H,3-4H2,1-2H3,(H,16,17). The second-order valence-electron chi connectivity index (χ2n) is 3.88. The van der Waals surface area contributed by atoms with E-state index in [1.807, 2.05) is 6.92 Å². The van der Waals surface area contributed by atoms with Gasteiger partial charge in [-0.05, 0) is 19.4 Å². The molecule has 102 valence electrons. The van der Waals surface area contributed by atoms with E-state index in [0.29, 0.717) is 13.0 Å². The number of nitrogens with one attached hydrogen (secondary N) is 1. The summed E-state index contributed by atoms with van der Waals surface area (Å²) in [6, 6.07) is 0.867. The maximum absolute atomic E-state index is 12.4. The number of pyridine rings is 1. The summed E-state index contributed by atoms with van der Waals surface area (Å²) in [5.41, 5.74) is -0.859. The minimum Gasteiger partial charge on any atom is -0.385 e. The zero-order chi connectivity index (χ0) is 13.8. The monoisotopic (exact) mass is 282 g/mol. The molecular weight excluding hydrogens is 269 g/mol. The lowest BCUT2D eigenvalue weighted by molar-refractivity contribution is -0.137. The van der Waals surface area contributed by atoms with Crippen molar-refractivity contribution in [3.63, 3.8) is 0 Å². The van der Waals surface area contributed by atoms with E-state index in [0.717, 1.165) is 12.3 Å². The Hall–Kier alpha value is -1.01. The highest BCUT2D eigenvalue weighted by Gasteiger charge is 2.31. The quantitative estimate of drug-likeness (QED) is 0.896. The van der Waals surface area contributed by atoms with Crippen LogP contribution in [0, 0.1) is 0 Å². The molecule has 0 aromatic carbocycles. The molecule has 7 heteroatoms. The van der Waals surface area contributed by atoms with Gasteiger partial charge < -0.3 is 10.1 Å². The molecule has 0 aliphatic rings. The number of methoxy groups -OCH3 is 1. The Kier molecular flexibility index (Phi) is 5.22. The van der Waals surface area contributed by atoms with Gasteiger partial charge in [0.25, 0.3) is 0 Å². The first-order chi connectivity index (χ1) is 8.34. The lowest BCUT2D eigenvalue weighted by atomic mass is 10.2. The molecule has 1 unspecified atom stereocenters. The Labute approximate surface area is 108 Å². The van der Waals surface area contributed by atoms with Crippen LogP contribution in [0.5, 0.6) is 0 Å². The molecule has 0 spiro atoms. The van der Waals surface area contributed by atoms with Crippen LogP contribution in [-0.2, 0) is 10.9 Å². The zero-order valence-corrected chi connectivity index (χ0v) is 10.8. The second kappa shape index (κ2) is 6.24. The van der Waals surface area contributed by atoms with Crippen molar-refractivity contribution in [3.8, 4) is 0 Å². The molecule has 0 saturated heterocycles. The number of anilines is 1. The number of halogens is 4. The number of hydrogen-bond acceptors (Lipinski definition) is 3. The van der Waals surface area contributed by atoms with Crippen LogP contribution < -0.4 is 5.32 Å². The number of hydrogen-bond donors (Lipinski definition) is 1. The maximum Gasteiger partial charge on any atom is 0.417 e. The summed E-state index contributed by atoms with van der Waals surface area (Å²) in [5.74, 6) is 0.244. The van der Waals surface area contributed by atoms with Crippen molar-refractivity contribution in [1.29, 1.82) is 0 Å². The van der Waals surface area contributed by atoms with E-state index >= 15 is 0 Å². The third-order valence-electron chi connectivity index (χ3n) is 2.31. The lowest BCUT2D eigenvalue weighted by Gasteiger charge is -2.16. The van der Waals surface area contributed by atoms with Gasteiger partial charge in [-0.15, -0.1) is 0 Å². The molecule has 1 aromatic heterocycles. The molecule has 0 aliphatic carbocycles. The summed E-state index contributed by atoms with van der Waals surface area (Å²) in [6.45, 7) is 2.42. The lowest BCUT2D eigenvalue weighted by Crippen LogP contribution is -2.18. The van der Waals surface area contributed by atoms with Crippen molar-refractivity contribution in [2.75, 3.05) is 19.0 Å². The number of nitrogens with zero attached hydrogens (tertiary/aromatic N) is 1. The molecule has 3 nitrogen and oxygen atoms in total. The normalized spacial score (nSPS) is 13.4. The van der Waals surface area contributed by atoms with E-state index in [1.54, 1.807) is 7.11 Å². The maximum atomic E-state index is 12.4. The molecule has 1 heterocycles. The molecule has 0 aliphatic heterocycles. The molecule has 1 N–H and O–H groups in total. The minimum atomic E-state index is -4.43. The Bertz CT molecular complexity index is 398. The van der Waals surface area contributed by atoms with Crippen molar-refractivity contribution in [3.05, 3.63) is 22.8 Å². The van der Waals surface area contributed by atoms with Gasteiger partial charge in [0.1, 0.15) is 5.82 Å². The molecule has 1 rings (SSSR count). The van der Waals surface area contributed by atoms with Gasteiger partial charge in [-0.2, -0.15) is 13.2 Å². The smallest absolute Gasteiger partial charge is 0.385 e. The van der Waals surface area contributed by atoms with E-state index in [-0.39, 0.29) is 16.9 Å². The summed E-state index contributed by atoms with van der Waals surface area (Å²) in [5, 5.41) is 2.89. The first-order valence-corrected chi connectivity index (χ1v) is 5.70. The summed E-state index contributed by atoms with van der Waals surface area (Å²) < 4.78 is 42.1. The van der Waals surface area contributed by atoms with Crippen LogP contribution in [0.1, 0.15) is 18.9 Å². The third-order valence-corrected chi connectivity index (χ3v) is 2.59. The number of rotatable bonds is 5. The SMILES string of the molecule is COCCC(C)Nc1ncc(C(F)(F)F)cc1Cl. The predicted molar refractivity (Wildman–Crippen MR) is 63.8 cm³/mol. The largest absolute Gasteiger partial charge is 0.417 e. The van der Waals surface area contributed by atoms with Gasteiger partial charge in [0.2, 0.25) is 0 Å². The van der Waals surface area contributed by atoms with Crippen LogP contribution in [0.2, 0.25) is 5.02 Å². The average Bonchev–Trinajstić information content (AvgIpc) is 2.27. The molecule has 1 aromatic rings. The average molecular weight is 283 g/mol. The summed E-state index contributed by atoms with van der Waals surface area (Å²) in [7, 11) is 1.58. The topological polar surface area (TPSA) is 34.1 Å². The van der Waals surface area contributed by atoms with E-state index in [4.69, 9.17) is 16.3 Å². The molecule has 0 amide bonds. The fraction of sp³-hybridized carbons (Fsp3) is 0.545. The Morgan fingerprint density at radius 1 is 1.50 bits per heavy atom. The van der Waals surface area contributed by atoms with Gasteiger partial charge in [-0.1, -0.05) is 11.6 Å². The van der Waals surface area contributed by atoms with Gasteiger partial charge in [0, 0.05) is 26.0 Å². The Morgan fingerprint density at radius 2 is 2.17 bits per heavy atom. The van der Waals surface area contributed by atoms with Gasteiger partial charge in [0.05, 0.1) is 10.6 Å². The van der Waals surface area contributed by atoms with Gasteiger partial charge in [0.15, 0.2) is 0 Å². The van der Waals surface area contributed by atoms with Gasteiger partial charge >= 0.3 is 6.18 Å². The Balaban J connectivity index is 2.74. The van der Waals surface area contributed by atoms with Crippen molar-refractivity contribution in [2.45, 2.75) is 25.6 Å². The van der Waals surface area contributed by atoms with E-state index in [9.17, 15) is 13.2 Å². The van der Waals surface area contributed by atoms with Crippen LogP contribution in [0.3, 0.4) is 0 Å². The highest BCUT2D eigenvalue weighted by atomic mass is 35.5. The first kappa shape index (κ1) is 15.0. The number of alkyl halides is 3. The van der Waals surface area contributed by atoms with E-state index in [2.05, 4.69) is 10.3 Å². The highest BCUT2D eigenvalue weighted by Crippen LogP contribution is 2.32. The minimum absolute atomic E-state index is 0.00619. The van der Waals surface area contributed by atoms with Crippen molar-refractivity contribution < 1.29 is 17.9 Å². The van der Waals surface area contributed by atoms with Crippen LogP contribution >= 0.6 is 11.6 Å². The molecule has 0 fully saturated rings. The number of ether oxygens (including phenoxy) is 1. The van der Waals surface area contributed by atoms with Crippen molar-refractivity contribution in [2.24, 2.45) is 0 Å². The molecule has 0 bridgehead atoms. The van der Waals surface area contributed by atoms with E-state index < -0.39 is 11.7 Å². The summed E-state index contributed by atoms with van der Waals surface area (Å²) >= 11 is 5.76. The number of aromatic nitrogens is 1. The Morgan fingerprint density at radius 3 is 2.67 bits per heavy atom. The summed E-state index contributed by atoms with van der Waals surface area (Å²) in [4.78, 5) is 3.69. The third kappa shape index (κ3) is 4.34. The summed E-state index contributed by atoms with van der Waals surface area (Å²) in [6.07, 6.45) is -2.97. The van der Waals surface area contributed by atoms with Crippen LogP contribution in [0.4, 0.5) is 19.0 Å². The molecule has 18 heavy (non-hydrogen) atoms. The van der Waals surface area contributed by atoms with Crippen LogP contribution in [0.25, 0.3) is 0 Å². The molecule has 0 radical (unpaired) electrons. The zero-order valence-electron chi connectivity index (χ0n) is 10.0. The predicted octanol–water partition coefficient (Wildman–Crippen LogP) is 3.59. The molecule has 1 atom stereocenters. The van der Waals surface area contributed by atoms with E-state index in [1.165, 1.54) is 0 Å². The highest BCUT2D eigenvalue weighted by molar-refractivity contribution is 6.32. The van der Waals surface area contributed by atoms with Gasteiger partial charge in [-0.25, -0.2) is 4.98 Å². The second-order valence-corrected chi connectivity index (χ2v) is 4.29.